The van der Waals surface area contributed by atoms with Crippen LogP contribution < -0.4 is 5.32 Å². The highest BCUT2D eigenvalue weighted by atomic mass is 79.9. The Bertz CT molecular complexity index is 607. The number of nitrogens with zero attached hydrogens (tertiary/aromatic N) is 1. The molecule has 2 bridgehead atoms. The molecule has 2 N–H and O–H groups in total. The van der Waals surface area contributed by atoms with Crippen LogP contribution >= 0.6 is 15.9 Å². The zero-order valence-electron chi connectivity index (χ0n) is 10.6. The van der Waals surface area contributed by atoms with Crippen LogP contribution in [0.3, 0.4) is 0 Å². The van der Waals surface area contributed by atoms with Crippen molar-refractivity contribution in [3.63, 3.8) is 0 Å². The zero-order chi connectivity index (χ0) is 12.8. The van der Waals surface area contributed by atoms with Crippen LogP contribution in [0.1, 0.15) is 31.0 Å². The van der Waals surface area contributed by atoms with Gasteiger partial charge in [-0.05, 0) is 25.3 Å². The third-order valence-electron chi connectivity index (χ3n) is 4.41. The van der Waals surface area contributed by atoms with Crippen LogP contribution in [0.4, 0.5) is 0 Å². The Morgan fingerprint density at radius 3 is 2.84 bits per heavy atom. The van der Waals surface area contributed by atoms with Gasteiger partial charge < -0.3 is 10.3 Å². The van der Waals surface area contributed by atoms with Crippen LogP contribution in [0.2, 0.25) is 0 Å². The van der Waals surface area contributed by atoms with E-state index in [1.807, 2.05) is 12.3 Å². The third kappa shape index (κ3) is 1.94. The Hall–Kier alpha value is -1.13. The zero-order valence-corrected chi connectivity index (χ0v) is 12.2. The highest BCUT2D eigenvalue weighted by Gasteiger charge is 2.41. The van der Waals surface area contributed by atoms with Crippen LogP contribution in [0, 0.1) is 0 Å². The quantitative estimate of drug-likeness (QED) is 0.890. The second kappa shape index (κ2) is 4.46. The van der Waals surface area contributed by atoms with Crippen molar-refractivity contribution in [3.8, 4) is 11.3 Å². The predicted molar refractivity (Wildman–Crippen MR) is 79.0 cm³/mol. The lowest BCUT2D eigenvalue weighted by Gasteiger charge is -2.17. The molecule has 1 aromatic heterocycles. The number of imidazole rings is 1. The van der Waals surface area contributed by atoms with Crippen LogP contribution in [0.25, 0.3) is 11.3 Å². The van der Waals surface area contributed by atoms with Gasteiger partial charge in [0, 0.05) is 28.0 Å². The molecule has 0 aliphatic carbocycles. The summed E-state index contributed by atoms with van der Waals surface area (Å²) >= 11 is 3.60. The molecule has 4 heteroatoms. The molecule has 3 heterocycles. The van der Waals surface area contributed by atoms with Gasteiger partial charge in [0.1, 0.15) is 5.82 Å². The highest BCUT2D eigenvalue weighted by Crippen LogP contribution is 2.39. The van der Waals surface area contributed by atoms with Crippen molar-refractivity contribution in [2.45, 2.75) is 37.3 Å². The summed E-state index contributed by atoms with van der Waals surface area (Å²) in [4.78, 5) is 8.13. The number of hydrogen-bond acceptors (Lipinski definition) is 2. The summed E-state index contributed by atoms with van der Waals surface area (Å²) in [6, 6.07) is 9.61. The molecule has 3 atom stereocenters. The number of nitrogens with one attached hydrogen (secondary N) is 2. The number of benzene rings is 1. The number of fused-ring (bicyclic) bond motifs is 2. The van der Waals surface area contributed by atoms with Gasteiger partial charge in [-0.1, -0.05) is 34.1 Å². The fourth-order valence-corrected chi connectivity index (χ4v) is 3.97. The van der Waals surface area contributed by atoms with Gasteiger partial charge in [-0.15, -0.1) is 0 Å². The van der Waals surface area contributed by atoms with E-state index in [0.717, 1.165) is 16.0 Å². The molecule has 3 unspecified atom stereocenters. The van der Waals surface area contributed by atoms with Crippen molar-refractivity contribution < 1.29 is 0 Å². The molecule has 2 aliphatic rings. The number of aromatic amines is 1. The second-order valence-electron chi connectivity index (χ2n) is 5.55. The van der Waals surface area contributed by atoms with E-state index in [9.17, 15) is 0 Å². The average molecular weight is 318 g/mol. The van der Waals surface area contributed by atoms with Gasteiger partial charge in [-0.2, -0.15) is 0 Å². The molecule has 0 saturated carbocycles. The van der Waals surface area contributed by atoms with Gasteiger partial charge in [-0.3, -0.25) is 0 Å². The molecular formula is C15H16BrN3. The van der Waals surface area contributed by atoms with E-state index < -0.39 is 0 Å². The molecule has 3 nitrogen and oxygen atoms in total. The topological polar surface area (TPSA) is 40.7 Å². The standard InChI is InChI=1S/C15H16BrN3/c16-12-4-2-1-3-10(12)14-8-17-15(19-14)11-7-9-5-6-13(11)18-9/h1-4,8-9,11,13,18H,5-7H2,(H,17,19). The maximum Gasteiger partial charge on any atom is 0.111 e. The smallest absolute Gasteiger partial charge is 0.111 e. The summed E-state index contributed by atoms with van der Waals surface area (Å²) in [5, 5.41) is 3.67. The van der Waals surface area contributed by atoms with Crippen molar-refractivity contribution in [1.82, 2.24) is 15.3 Å². The minimum atomic E-state index is 0.565. The molecule has 2 saturated heterocycles. The molecule has 0 radical (unpaired) electrons. The molecule has 0 spiro atoms. The van der Waals surface area contributed by atoms with Gasteiger partial charge in [0.25, 0.3) is 0 Å². The molecule has 0 amide bonds. The van der Waals surface area contributed by atoms with E-state index in [1.165, 1.54) is 24.8 Å². The molecule has 1 aromatic carbocycles. The van der Waals surface area contributed by atoms with Crippen molar-refractivity contribution in [2.75, 3.05) is 0 Å². The fraction of sp³-hybridized carbons (Fsp3) is 0.400. The number of halogens is 1. The highest BCUT2D eigenvalue weighted by molar-refractivity contribution is 9.10. The maximum atomic E-state index is 4.62. The average Bonchev–Trinajstić information content (AvgIpc) is 3.15. The van der Waals surface area contributed by atoms with Gasteiger partial charge in [-0.25, -0.2) is 4.98 Å². The summed E-state index contributed by atoms with van der Waals surface area (Å²) < 4.78 is 1.11. The normalized spacial score (nSPS) is 29.0. The van der Waals surface area contributed by atoms with E-state index in [2.05, 4.69) is 49.4 Å². The van der Waals surface area contributed by atoms with Crippen molar-refractivity contribution in [1.29, 1.82) is 0 Å². The van der Waals surface area contributed by atoms with Crippen LogP contribution in [-0.4, -0.2) is 22.1 Å². The number of hydrogen-bond donors (Lipinski definition) is 2. The fourth-order valence-electron chi connectivity index (χ4n) is 3.47. The third-order valence-corrected chi connectivity index (χ3v) is 5.10. The largest absolute Gasteiger partial charge is 0.342 e. The Labute approximate surface area is 121 Å². The van der Waals surface area contributed by atoms with Gasteiger partial charge >= 0.3 is 0 Å². The first-order valence-corrected chi connectivity index (χ1v) is 7.66. The Morgan fingerprint density at radius 1 is 1.21 bits per heavy atom. The van der Waals surface area contributed by atoms with Gasteiger partial charge in [0.05, 0.1) is 11.9 Å². The molecule has 4 rings (SSSR count). The number of aromatic nitrogens is 2. The minimum absolute atomic E-state index is 0.565. The first-order valence-electron chi connectivity index (χ1n) is 6.87. The maximum absolute atomic E-state index is 4.62. The van der Waals surface area contributed by atoms with E-state index in [-0.39, 0.29) is 0 Å². The lowest BCUT2D eigenvalue weighted by atomic mass is 9.89. The van der Waals surface area contributed by atoms with Crippen LogP contribution in [0.5, 0.6) is 0 Å². The Balaban J connectivity index is 1.65. The second-order valence-corrected chi connectivity index (χ2v) is 6.41. The summed E-state index contributed by atoms with van der Waals surface area (Å²) in [7, 11) is 0. The van der Waals surface area contributed by atoms with E-state index in [1.54, 1.807) is 0 Å². The van der Waals surface area contributed by atoms with Crippen molar-refractivity contribution >= 4 is 15.9 Å². The lowest BCUT2D eigenvalue weighted by Crippen LogP contribution is -2.22. The van der Waals surface area contributed by atoms with Crippen LogP contribution in [0.15, 0.2) is 34.9 Å². The SMILES string of the molecule is Brc1ccccc1-c1cnc(C2CC3CCC2N3)[nH]1. The summed E-state index contributed by atoms with van der Waals surface area (Å²) in [6.07, 6.45) is 5.81. The Kier molecular flexibility index (Phi) is 2.74. The minimum Gasteiger partial charge on any atom is -0.342 e. The number of H-pyrrole nitrogens is 1. The summed E-state index contributed by atoms with van der Waals surface area (Å²) in [5.41, 5.74) is 2.28. The first-order chi connectivity index (χ1) is 9.31. The summed E-state index contributed by atoms with van der Waals surface area (Å²) in [6.45, 7) is 0. The molecular weight excluding hydrogens is 302 g/mol. The summed E-state index contributed by atoms with van der Waals surface area (Å²) in [5.74, 6) is 1.71. The van der Waals surface area contributed by atoms with Crippen molar-refractivity contribution in [2.24, 2.45) is 0 Å². The lowest BCUT2D eigenvalue weighted by molar-refractivity contribution is 0.490. The van der Waals surface area contributed by atoms with E-state index in [0.29, 0.717) is 18.0 Å². The predicted octanol–water partition coefficient (Wildman–Crippen LogP) is 3.45. The molecule has 2 aliphatic heterocycles. The molecule has 19 heavy (non-hydrogen) atoms. The van der Waals surface area contributed by atoms with E-state index >= 15 is 0 Å². The van der Waals surface area contributed by atoms with Gasteiger partial charge in [0.15, 0.2) is 0 Å². The van der Waals surface area contributed by atoms with Crippen LogP contribution in [-0.2, 0) is 0 Å². The monoisotopic (exact) mass is 317 g/mol. The van der Waals surface area contributed by atoms with E-state index in [4.69, 9.17) is 0 Å². The van der Waals surface area contributed by atoms with Crippen molar-refractivity contribution in [3.05, 3.63) is 40.8 Å². The Morgan fingerprint density at radius 2 is 2.11 bits per heavy atom. The molecule has 98 valence electrons. The molecule has 2 fully saturated rings. The van der Waals surface area contributed by atoms with Gasteiger partial charge in [0.2, 0.25) is 0 Å². The first kappa shape index (κ1) is 11.7. The number of rotatable bonds is 2. The molecule has 2 aromatic rings.